The zero-order valence-corrected chi connectivity index (χ0v) is 9.32. The fourth-order valence-corrected chi connectivity index (χ4v) is 1.79. The molecule has 0 fully saturated rings. The molecule has 0 bridgehead atoms. The van der Waals surface area contributed by atoms with Gasteiger partial charge in [0.05, 0.1) is 5.60 Å². The molecule has 0 radical (unpaired) electrons. The second-order valence-corrected chi connectivity index (χ2v) is 3.31. The lowest BCUT2D eigenvalue weighted by Crippen LogP contribution is -2.48. The Balaban J connectivity index is 5.15. The first-order chi connectivity index (χ1) is 6.95. The summed E-state index contributed by atoms with van der Waals surface area (Å²) in [6.07, 6.45) is 0.723. The van der Waals surface area contributed by atoms with Crippen LogP contribution in [0, 0.1) is 5.92 Å². The van der Waals surface area contributed by atoms with Crippen molar-refractivity contribution in [3.05, 3.63) is 0 Å². The molecule has 0 spiro atoms. The maximum atomic E-state index is 10.9. The number of hydrogen-bond acceptors (Lipinski definition) is 3. The third-order valence-corrected chi connectivity index (χ3v) is 2.65. The summed E-state index contributed by atoms with van der Waals surface area (Å²) in [5, 5.41) is 17.8. The number of hydrogen-bond donors (Lipinski definition) is 2. The molecule has 5 nitrogen and oxygen atoms in total. The van der Waals surface area contributed by atoms with Gasteiger partial charge in [0.2, 0.25) is 0 Å². The first-order valence-electron chi connectivity index (χ1n) is 5.04. The molecule has 0 aromatic heterocycles. The molecule has 5 heteroatoms. The SMILES string of the molecule is CCOC(CC)(CC)C(C(=O)O)C(=O)O. The highest BCUT2D eigenvalue weighted by Gasteiger charge is 2.46. The minimum absolute atomic E-state index is 0.304. The Bertz CT molecular complexity index is 218. The Kier molecular flexibility index (Phi) is 5.28. The van der Waals surface area contributed by atoms with Crippen LogP contribution >= 0.6 is 0 Å². The van der Waals surface area contributed by atoms with Gasteiger partial charge >= 0.3 is 11.9 Å². The van der Waals surface area contributed by atoms with E-state index in [1.807, 2.05) is 0 Å². The van der Waals surface area contributed by atoms with Gasteiger partial charge in [-0.15, -0.1) is 0 Å². The second kappa shape index (κ2) is 5.70. The summed E-state index contributed by atoms with van der Waals surface area (Å²) >= 11 is 0. The average molecular weight is 218 g/mol. The Morgan fingerprint density at radius 1 is 1.13 bits per heavy atom. The molecule has 0 aromatic carbocycles. The van der Waals surface area contributed by atoms with Crippen LogP contribution in [0.3, 0.4) is 0 Å². The zero-order valence-electron chi connectivity index (χ0n) is 9.32. The number of rotatable bonds is 7. The zero-order chi connectivity index (χ0) is 12.1. The average Bonchev–Trinajstić information content (AvgIpc) is 2.15. The number of carboxylic acid groups (broad SMARTS) is 2. The Labute approximate surface area is 89.0 Å². The van der Waals surface area contributed by atoms with Crippen LogP contribution in [0.5, 0.6) is 0 Å². The van der Waals surface area contributed by atoms with Crippen LogP contribution in [-0.4, -0.2) is 34.4 Å². The Hall–Kier alpha value is -1.10. The number of carbonyl (C=O) groups is 2. The fraction of sp³-hybridized carbons (Fsp3) is 0.800. The van der Waals surface area contributed by atoms with Gasteiger partial charge in [0, 0.05) is 6.61 Å². The van der Waals surface area contributed by atoms with Crippen molar-refractivity contribution >= 4 is 11.9 Å². The molecule has 88 valence electrons. The van der Waals surface area contributed by atoms with E-state index >= 15 is 0 Å². The van der Waals surface area contributed by atoms with E-state index in [0.717, 1.165) is 0 Å². The van der Waals surface area contributed by atoms with Crippen molar-refractivity contribution in [1.82, 2.24) is 0 Å². The molecular weight excluding hydrogens is 200 g/mol. The maximum absolute atomic E-state index is 10.9. The maximum Gasteiger partial charge on any atom is 0.320 e. The van der Waals surface area contributed by atoms with E-state index < -0.39 is 23.5 Å². The van der Waals surface area contributed by atoms with Gasteiger partial charge in [-0.05, 0) is 19.8 Å². The van der Waals surface area contributed by atoms with Gasteiger partial charge in [0.1, 0.15) is 0 Å². The van der Waals surface area contributed by atoms with Gasteiger partial charge in [-0.1, -0.05) is 13.8 Å². The van der Waals surface area contributed by atoms with E-state index in [-0.39, 0.29) is 0 Å². The fourth-order valence-electron chi connectivity index (χ4n) is 1.79. The minimum atomic E-state index is -1.51. The summed E-state index contributed by atoms with van der Waals surface area (Å²) in [6, 6.07) is 0. The van der Waals surface area contributed by atoms with Gasteiger partial charge in [0.15, 0.2) is 5.92 Å². The summed E-state index contributed by atoms with van der Waals surface area (Å²) in [7, 11) is 0. The van der Waals surface area contributed by atoms with Crippen LogP contribution in [0.15, 0.2) is 0 Å². The molecule has 0 aliphatic carbocycles. The number of ether oxygens (including phenoxy) is 1. The van der Waals surface area contributed by atoms with Crippen molar-refractivity contribution in [1.29, 1.82) is 0 Å². The molecule has 0 aliphatic rings. The van der Waals surface area contributed by atoms with Crippen molar-refractivity contribution in [2.75, 3.05) is 6.61 Å². The topological polar surface area (TPSA) is 83.8 Å². The summed E-state index contributed by atoms with van der Waals surface area (Å²) in [5.74, 6) is -4.20. The molecule has 0 unspecified atom stereocenters. The predicted molar refractivity (Wildman–Crippen MR) is 53.7 cm³/mol. The van der Waals surface area contributed by atoms with Crippen LogP contribution in [0.25, 0.3) is 0 Å². The minimum Gasteiger partial charge on any atom is -0.481 e. The van der Waals surface area contributed by atoms with E-state index in [2.05, 4.69) is 0 Å². The van der Waals surface area contributed by atoms with Crippen LogP contribution in [0.2, 0.25) is 0 Å². The molecule has 0 atom stereocenters. The molecule has 0 saturated carbocycles. The first-order valence-corrected chi connectivity index (χ1v) is 5.04. The third-order valence-electron chi connectivity index (χ3n) is 2.65. The molecule has 0 aliphatic heterocycles. The molecular formula is C10H18O5. The number of aliphatic carboxylic acids is 2. The van der Waals surface area contributed by atoms with Crippen molar-refractivity contribution in [3.8, 4) is 0 Å². The van der Waals surface area contributed by atoms with Gasteiger partial charge in [-0.25, -0.2) is 0 Å². The molecule has 0 rings (SSSR count). The van der Waals surface area contributed by atoms with Gasteiger partial charge in [0.25, 0.3) is 0 Å². The largest absolute Gasteiger partial charge is 0.481 e. The monoisotopic (exact) mass is 218 g/mol. The molecule has 0 aromatic rings. The van der Waals surface area contributed by atoms with Crippen LogP contribution in [-0.2, 0) is 14.3 Å². The third kappa shape index (κ3) is 2.92. The quantitative estimate of drug-likeness (QED) is 0.630. The molecule has 0 amide bonds. The summed E-state index contributed by atoms with van der Waals surface area (Å²) in [5.41, 5.74) is -1.10. The molecule has 2 N–H and O–H groups in total. The van der Waals surface area contributed by atoms with Gasteiger partial charge in [-0.2, -0.15) is 0 Å². The van der Waals surface area contributed by atoms with Crippen molar-refractivity contribution in [3.63, 3.8) is 0 Å². The van der Waals surface area contributed by atoms with E-state index in [1.54, 1.807) is 20.8 Å². The molecule has 0 saturated heterocycles. The van der Waals surface area contributed by atoms with Crippen molar-refractivity contribution in [2.45, 2.75) is 39.2 Å². The van der Waals surface area contributed by atoms with Crippen LogP contribution < -0.4 is 0 Å². The highest BCUT2D eigenvalue weighted by atomic mass is 16.5. The number of carboxylic acids is 2. The first kappa shape index (κ1) is 13.9. The van der Waals surface area contributed by atoms with Gasteiger partial charge < -0.3 is 14.9 Å². The lowest BCUT2D eigenvalue weighted by molar-refractivity contribution is -0.174. The van der Waals surface area contributed by atoms with E-state index in [0.29, 0.717) is 19.4 Å². The highest BCUT2D eigenvalue weighted by Crippen LogP contribution is 2.30. The Morgan fingerprint density at radius 2 is 1.53 bits per heavy atom. The molecule has 0 heterocycles. The molecule has 15 heavy (non-hydrogen) atoms. The van der Waals surface area contributed by atoms with E-state index in [9.17, 15) is 9.59 Å². The summed E-state index contributed by atoms with van der Waals surface area (Å²) < 4.78 is 5.35. The summed E-state index contributed by atoms with van der Waals surface area (Å²) in [6.45, 7) is 5.50. The van der Waals surface area contributed by atoms with Crippen LogP contribution in [0.4, 0.5) is 0 Å². The van der Waals surface area contributed by atoms with Crippen LogP contribution in [0.1, 0.15) is 33.6 Å². The van der Waals surface area contributed by atoms with Crippen molar-refractivity contribution in [2.24, 2.45) is 5.92 Å². The lowest BCUT2D eigenvalue weighted by Gasteiger charge is -2.34. The lowest BCUT2D eigenvalue weighted by atomic mass is 9.82. The summed E-state index contributed by atoms with van der Waals surface area (Å²) in [4.78, 5) is 21.8. The standard InChI is InChI=1S/C10H18O5/c1-4-10(5-2,15-6-3)7(8(11)12)9(13)14/h7H,4-6H2,1-3H3,(H,11,12)(H,13,14). The normalized spacial score (nSPS) is 11.7. The van der Waals surface area contributed by atoms with Gasteiger partial charge in [-0.3, -0.25) is 9.59 Å². The van der Waals surface area contributed by atoms with E-state index in [4.69, 9.17) is 14.9 Å². The highest BCUT2D eigenvalue weighted by molar-refractivity contribution is 5.94. The van der Waals surface area contributed by atoms with E-state index in [1.165, 1.54) is 0 Å². The smallest absolute Gasteiger partial charge is 0.320 e. The predicted octanol–water partition coefficient (Wildman–Crippen LogP) is 1.37. The van der Waals surface area contributed by atoms with Crippen molar-refractivity contribution < 1.29 is 24.5 Å². The second-order valence-electron chi connectivity index (χ2n) is 3.31. The Morgan fingerprint density at radius 3 is 1.73 bits per heavy atom.